The Kier molecular flexibility index (Phi) is 5.34. The first kappa shape index (κ1) is 17.4. The molecule has 0 bridgehead atoms. The van der Waals surface area contributed by atoms with E-state index in [-0.39, 0.29) is 6.04 Å². The monoisotopic (exact) mass is 335 g/mol. The maximum absolute atomic E-state index is 11.7. The molecule has 1 aliphatic rings. The molecule has 0 atom stereocenters. The van der Waals surface area contributed by atoms with E-state index < -0.39 is 11.4 Å². The first-order chi connectivity index (χ1) is 12.1. The number of allylic oxidation sites excluding steroid dienone is 1. The molecule has 0 aromatic heterocycles. The molecule has 0 saturated heterocycles. The third-order valence-corrected chi connectivity index (χ3v) is 5.21. The van der Waals surface area contributed by atoms with E-state index in [1.165, 1.54) is 11.1 Å². The maximum Gasteiger partial charge on any atom is 0.310 e. The SMILES string of the molecule is C=CCC1(C(=O)O)CC(N(Cc2ccccc2)Cc2ccccc2)C1. The summed E-state index contributed by atoms with van der Waals surface area (Å²) >= 11 is 0. The van der Waals surface area contributed by atoms with Crippen LogP contribution in [0.5, 0.6) is 0 Å². The van der Waals surface area contributed by atoms with E-state index in [1.807, 2.05) is 12.1 Å². The van der Waals surface area contributed by atoms with Crippen molar-refractivity contribution in [1.82, 2.24) is 4.90 Å². The summed E-state index contributed by atoms with van der Waals surface area (Å²) in [6.45, 7) is 5.41. The Hall–Kier alpha value is -2.39. The van der Waals surface area contributed by atoms with Crippen LogP contribution >= 0.6 is 0 Å². The average Bonchev–Trinajstić information content (AvgIpc) is 2.59. The van der Waals surface area contributed by atoms with Gasteiger partial charge >= 0.3 is 5.97 Å². The van der Waals surface area contributed by atoms with E-state index in [0.29, 0.717) is 19.3 Å². The van der Waals surface area contributed by atoms with Crippen molar-refractivity contribution in [2.75, 3.05) is 0 Å². The Morgan fingerprint density at radius 3 is 1.92 bits per heavy atom. The van der Waals surface area contributed by atoms with Gasteiger partial charge in [0.1, 0.15) is 0 Å². The van der Waals surface area contributed by atoms with Crippen molar-refractivity contribution in [3.05, 3.63) is 84.4 Å². The summed E-state index contributed by atoms with van der Waals surface area (Å²) < 4.78 is 0. The van der Waals surface area contributed by atoms with Crippen molar-refractivity contribution in [2.45, 2.75) is 38.4 Å². The molecule has 2 aromatic carbocycles. The first-order valence-electron chi connectivity index (χ1n) is 8.79. The molecular formula is C22H25NO2. The Balaban J connectivity index is 1.75. The fourth-order valence-electron chi connectivity index (χ4n) is 3.76. The Morgan fingerprint density at radius 1 is 1.04 bits per heavy atom. The van der Waals surface area contributed by atoms with Crippen LogP contribution in [0.2, 0.25) is 0 Å². The topological polar surface area (TPSA) is 40.5 Å². The highest BCUT2D eigenvalue weighted by Gasteiger charge is 2.51. The highest BCUT2D eigenvalue weighted by molar-refractivity contribution is 5.76. The molecule has 3 rings (SSSR count). The average molecular weight is 335 g/mol. The number of nitrogens with zero attached hydrogens (tertiary/aromatic N) is 1. The number of aliphatic carboxylic acids is 1. The number of benzene rings is 2. The van der Waals surface area contributed by atoms with Gasteiger partial charge in [-0.3, -0.25) is 9.69 Å². The van der Waals surface area contributed by atoms with E-state index >= 15 is 0 Å². The highest BCUT2D eigenvalue weighted by Crippen LogP contribution is 2.47. The normalized spacial score (nSPS) is 22.4. The number of carbonyl (C=O) groups is 1. The molecule has 0 spiro atoms. The minimum Gasteiger partial charge on any atom is -0.481 e. The molecule has 3 nitrogen and oxygen atoms in total. The maximum atomic E-state index is 11.7. The number of carboxylic acids is 1. The molecule has 0 unspecified atom stereocenters. The number of hydrogen-bond acceptors (Lipinski definition) is 2. The van der Waals surface area contributed by atoms with Crippen LogP contribution < -0.4 is 0 Å². The molecule has 0 amide bonds. The second-order valence-corrected chi connectivity index (χ2v) is 7.02. The van der Waals surface area contributed by atoms with Gasteiger partial charge in [-0.25, -0.2) is 0 Å². The molecule has 1 fully saturated rings. The molecule has 130 valence electrons. The third-order valence-electron chi connectivity index (χ3n) is 5.21. The van der Waals surface area contributed by atoms with Crippen molar-refractivity contribution in [3.63, 3.8) is 0 Å². The summed E-state index contributed by atoms with van der Waals surface area (Å²) in [7, 11) is 0. The van der Waals surface area contributed by atoms with Crippen LogP contribution in [-0.2, 0) is 17.9 Å². The van der Waals surface area contributed by atoms with Gasteiger partial charge in [0.25, 0.3) is 0 Å². The molecule has 1 saturated carbocycles. The van der Waals surface area contributed by atoms with Crippen LogP contribution in [0, 0.1) is 5.41 Å². The van der Waals surface area contributed by atoms with E-state index in [0.717, 1.165) is 13.1 Å². The Labute approximate surface area is 149 Å². The lowest BCUT2D eigenvalue weighted by molar-refractivity contribution is -0.159. The Bertz CT molecular complexity index is 664. The minimum atomic E-state index is -0.692. The smallest absolute Gasteiger partial charge is 0.310 e. The van der Waals surface area contributed by atoms with Gasteiger partial charge in [0.15, 0.2) is 0 Å². The zero-order chi connectivity index (χ0) is 17.7. The summed E-state index contributed by atoms with van der Waals surface area (Å²) in [6, 6.07) is 21.1. The highest BCUT2D eigenvalue weighted by atomic mass is 16.4. The van der Waals surface area contributed by atoms with Crippen molar-refractivity contribution in [3.8, 4) is 0 Å². The summed E-state index contributed by atoms with van der Waals surface area (Å²) in [6.07, 6.45) is 3.66. The van der Waals surface area contributed by atoms with Crippen molar-refractivity contribution in [2.24, 2.45) is 5.41 Å². The molecular weight excluding hydrogens is 310 g/mol. The van der Waals surface area contributed by atoms with Crippen molar-refractivity contribution >= 4 is 5.97 Å². The van der Waals surface area contributed by atoms with E-state index in [4.69, 9.17) is 0 Å². The first-order valence-corrected chi connectivity index (χ1v) is 8.79. The van der Waals surface area contributed by atoms with Gasteiger partial charge in [0.2, 0.25) is 0 Å². The molecule has 3 heteroatoms. The largest absolute Gasteiger partial charge is 0.481 e. The van der Waals surface area contributed by atoms with Gasteiger partial charge in [-0.15, -0.1) is 6.58 Å². The summed E-state index contributed by atoms with van der Waals surface area (Å²) in [4.78, 5) is 14.1. The van der Waals surface area contributed by atoms with Gasteiger partial charge in [-0.05, 0) is 30.4 Å². The van der Waals surface area contributed by atoms with Crippen LogP contribution in [0.15, 0.2) is 73.3 Å². The minimum absolute atomic E-state index is 0.288. The molecule has 0 heterocycles. The fraction of sp³-hybridized carbons (Fsp3) is 0.318. The van der Waals surface area contributed by atoms with Crippen LogP contribution in [0.3, 0.4) is 0 Å². The van der Waals surface area contributed by atoms with Gasteiger partial charge in [0, 0.05) is 19.1 Å². The van der Waals surface area contributed by atoms with Crippen molar-refractivity contribution in [1.29, 1.82) is 0 Å². The quantitative estimate of drug-likeness (QED) is 0.722. The second kappa shape index (κ2) is 7.66. The van der Waals surface area contributed by atoms with Gasteiger partial charge < -0.3 is 5.11 Å². The van der Waals surface area contributed by atoms with Gasteiger partial charge in [-0.1, -0.05) is 66.7 Å². The van der Waals surface area contributed by atoms with Crippen LogP contribution in [-0.4, -0.2) is 22.0 Å². The summed E-state index contributed by atoms with van der Waals surface area (Å²) in [5.41, 5.74) is 1.89. The molecule has 0 radical (unpaired) electrons. The van der Waals surface area contributed by atoms with E-state index in [1.54, 1.807) is 6.08 Å². The van der Waals surface area contributed by atoms with Gasteiger partial charge in [-0.2, -0.15) is 0 Å². The lowest BCUT2D eigenvalue weighted by Crippen LogP contribution is -2.53. The van der Waals surface area contributed by atoms with Crippen LogP contribution in [0.4, 0.5) is 0 Å². The van der Waals surface area contributed by atoms with Gasteiger partial charge in [0.05, 0.1) is 5.41 Å². The molecule has 1 N–H and O–H groups in total. The zero-order valence-electron chi connectivity index (χ0n) is 14.5. The number of rotatable bonds is 8. The molecule has 0 aliphatic heterocycles. The predicted octanol–water partition coefficient (Wildman–Crippen LogP) is 4.50. The molecule has 25 heavy (non-hydrogen) atoms. The van der Waals surface area contributed by atoms with E-state index in [2.05, 4.69) is 60.0 Å². The fourth-order valence-corrected chi connectivity index (χ4v) is 3.76. The lowest BCUT2D eigenvalue weighted by Gasteiger charge is -2.49. The molecule has 1 aliphatic carbocycles. The van der Waals surface area contributed by atoms with Crippen LogP contribution in [0.1, 0.15) is 30.4 Å². The second-order valence-electron chi connectivity index (χ2n) is 7.02. The summed E-state index contributed by atoms with van der Waals surface area (Å²) in [5, 5.41) is 9.63. The zero-order valence-corrected chi connectivity index (χ0v) is 14.5. The number of carboxylic acid groups (broad SMARTS) is 1. The lowest BCUT2D eigenvalue weighted by atomic mass is 9.63. The standard InChI is InChI=1S/C22H25NO2/c1-2-13-22(21(24)25)14-20(15-22)23(16-18-9-5-3-6-10-18)17-19-11-7-4-8-12-19/h2-12,20H,1,13-17H2,(H,24,25). The van der Waals surface area contributed by atoms with E-state index in [9.17, 15) is 9.90 Å². The number of hydrogen-bond donors (Lipinski definition) is 1. The summed E-state index contributed by atoms with van der Waals surface area (Å²) in [5.74, 6) is -0.692. The Morgan fingerprint density at radius 2 is 1.52 bits per heavy atom. The third kappa shape index (κ3) is 3.99. The molecule has 2 aromatic rings. The predicted molar refractivity (Wildman–Crippen MR) is 100 cm³/mol. The van der Waals surface area contributed by atoms with Crippen molar-refractivity contribution < 1.29 is 9.90 Å². The van der Waals surface area contributed by atoms with Crippen LogP contribution in [0.25, 0.3) is 0 Å².